The lowest BCUT2D eigenvalue weighted by Gasteiger charge is -2.41. The number of likely N-dealkylation sites (tertiary alicyclic amines) is 1. The van der Waals surface area contributed by atoms with Crippen LogP contribution in [0.3, 0.4) is 0 Å². The van der Waals surface area contributed by atoms with E-state index in [1.165, 1.54) is 16.7 Å². The Morgan fingerprint density at radius 2 is 1.58 bits per heavy atom. The maximum atomic E-state index is 14.8. The number of rotatable bonds is 28. The number of nitrogens with one attached hydrogen (secondary N) is 2. The number of hydrogen-bond acceptors (Lipinski definition) is 12. The highest BCUT2D eigenvalue weighted by Crippen LogP contribution is 2.32. The Balaban J connectivity index is 1.76. The van der Waals surface area contributed by atoms with Crippen LogP contribution in [0.2, 0.25) is 0 Å². The number of carbonyl (C=O) groups is 6. The lowest BCUT2D eigenvalue weighted by Crippen LogP contribution is -2.55. The zero-order valence-corrected chi connectivity index (χ0v) is 45.9. The molecule has 0 aromatic heterocycles. The van der Waals surface area contributed by atoms with Crippen molar-refractivity contribution in [3.8, 4) is 0 Å². The summed E-state index contributed by atoms with van der Waals surface area (Å²) in [7, 11) is 6.36. The highest BCUT2D eigenvalue weighted by molar-refractivity contribution is 7.99. The number of amides is 5. The molecule has 402 valence electrons. The summed E-state index contributed by atoms with van der Waals surface area (Å²) in [6.07, 6.45) is 6.89. The average molecular weight is 1020 g/mol. The molecule has 1 aliphatic heterocycles. The molecule has 1 aromatic carbocycles. The number of aliphatic hydroxyl groups excluding tert-OH is 1. The van der Waals surface area contributed by atoms with E-state index in [2.05, 4.69) is 10.6 Å². The molecule has 12 atom stereocenters. The second-order valence-electron chi connectivity index (χ2n) is 20.3. The van der Waals surface area contributed by atoms with Crippen LogP contribution >= 0.6 is 11.8 Å². The van der Waals surface area contributed by atoms with E-state index in [1.54, 1.807) is 52.0 Å². The number of Topliss-reactive ketones (excluding diaryl/α,β-unsaturated/α-hetero) is 1. The Bertz CT molecular complexity index is 1850. The van der Waals surface area contributed by atoms with Crippen LogP contribution in [-0.4, -0.2) is 164 Å². The molecule has 17 heteroatoms. The van der Waals surface area contributed by atoms with Crippen molar-refractivity contribution < 1.29 is 52.8 Å². The van der Waals surface area contributed by atoms with Crippen LogP contribution in [0.4, 0.5) is 4.79 Å². The van der Waals surface area contributed by atoms with Crippen molar-refractivity contribution in [1.82, 2.24) is 25.3 Å². The van der Waals surface area contributed by atoms with Gasteiger partial charge in [0.1, 0.15) is 6.10 Å². The number of carbonyl (C=O) groups excluding carboxylic acids is 6. The minimum absolute atomic E-state index is 0.0264. The van der Waals surface area contributed by atoms with Gasteiger partial charge in [0.05, 0.1) is 73.3 Å². The van der Waals surface area contributed by atoms with Crippen LogP contribution in [-0.2, 0) is 42.9 Å². The van der Waals surface area contributed by atoms with Gasteiger partial charge in [-0.15, -0.1) is 0 Å². The predicted octanol–water partition coefficient (Wildman–Crippen LogP) is 6.83. The van der Waals surface area contributed by atoms with Gasteiger partial charge in [-0.3, -0.25) is 24.0 Å². The molecular formula is C54H89N5O11S. The highest BCUT2D eigenvalue weighted by Gasteiger charge is 2.44. The van der Waals surface area contributed by atoms with E-state index in [-0.39, 0.29) is 72.7 Å². The normalized spacial score (nSPS) is 21.6. The smallest absolute Gasteiger partial charge is 0.410 e. The molecule has 0 bridgehead atoms. The molecule has 3 N–H and O–H groups in total. The second kappa shape index (κ2) is 30.9. The van der Waals surface area contributed by atoms with E-state index in [1.807, 2.05) is 90.3 Å². The fourth-order valence-electron chi connectivity index (χ4n) is 10.2. The molecular weight excluding hydrogens is 927 g/mol. The van der Waals surface area contributed by atoms with E-state index in [9.17, 15) is 33.9 Å². The van der Waals surface area contributed by atoms with Gasteiger partial charge in [0.2, 0.25) is 23.6 Å². The van der Waals surface area contributed by atoms with Crippen molar-refractivity contribution >= 4 is 47.3 Å². The number of benzene rings is 1. The number of ketones is 1. The summed E-state index contributed by atoms with van der Waals surface area (Å²) in [4.78, 5) is 88.0. The second-order valence-corrected chi connectivity index (χ2v) is 21.2. The van der Waals surface area contributed by atoms with Crippen molar-refractivity contribution in [1.29, 1.82) is 0 Å². The molecule has 0 saturated carbocycles. The summed E-state index contributed by atoms with van der Waals surface area (Å²) >= 11 is 1.44. The molecule has 1 saturated heterocycles. The number of allylic oxidation sites excluding steroid dienone is 1. The van der Waals surface area contributed by atoms with Gasteiger partial charge in [-0.25, -0.2) is 4.79 Å². The monoisotopic (exact) mass is 1020 g/mol. The molecule has 2 unspecified atom stereocenters. The lowest BCUT2D eigenvalue weighted by molar-refractivity contribution is -0.149. The zero-order valence-electron chi connectivity index (χ0n) is 45.1. The maximum absolute atomic E-state index is 14.8. The van der Waals surface area contributed by atoms with Gasteiger partial charge in [0.15, 0.2) is 5.78 Å². The van der Waals surface area contributed by atoms with E-state index >= 15 is 0 Å². The first-order valence-electron chi connectivity index (χ1n) is 25.9. The van der Waals surface area contributed by atoms with Crippen LogP contribution in [0.15, 0.2) is 42.5 Å². The minimum atomic E-state index is -0.907. The first-order valence-corrected chi connectivity index (χ1v) is 27.3. The van der Waals surface area contributed by atoms with Crippen LogP contribution in [0, 0.1) is 29.6 Å². The fourth-order valence-corrected chi connectivity index (χ4v) is 10.6. The van der Waals surface area contributed by atoms with E-state index in [0.29, 0.717) is 43.7 Å². The van der Waals surface area contributed by atoms with Crippen LogP contribution in [0.1, 0.15) is 125 Å². The fraction of sp³-hybridized carbons (Fsp3) is 0.741. The first kappa shape index (κ1) is 61.3. The quantitative estimate of drug-likeness (QED) is 0.0586. The first-order chi connectivity index (χ1) is 33.7. The average Bonchev–Trinajstić information content (AvgIpc) is 3.82. The third-order valence-electron chi connectivity index (χ3n) is 14.5. The largest absolute Gasteiger partial charge is 0.439 e. The van der Waals surface area contributed by atoms with Gasteiger partial charge in [-0.05, 0) is 74.7 Å². The molecule has 1 aromatic rings. The van der Waals surface area contributed by atoms with Crippen molar-refractivity contribution in [2.24, 2.45) is 29.6 Å². The lowest BCUT2D eigenvalue weighted by atomic mass is 9.83. The molecule has 0 spiro atoms. The summed E-state index contributed by atoms with van der Waals surface area (Å²) in [5, 5.41) is 16.7. The summed E-state index contributed by atoms with van der Waals surface area (Å²) in [6, 6.07) is 6.77. The number of ether oxygens (including phenoxy) is 4. The van der Waals surface area contributed by atoms with Crippen LogP contribution in [0.5, 0.6) is 0 Å². The molecule has 71 heavy (non-hydrogen) atoms. The van der Waals surface area contributed by atoms with Gasteiger partial charge in [0.25, 0.3) is 0 Å². The van der Waals surface area contributed by atoms with Crippen LogP contribution in [0.25, 0.3) is 0 Å². The van der Waals surface area contributed by atoms with Crippen molar-refractivity contribution in [3.63, 3.8) is 0 Å². The number of hydrogen-bond donors (Lipinski definition) is 3. The zero-order chi connectivity index (χ0) is 52.9. The third kappa shape index (κ3) is 17.9. The number of methoxy groups -OCH3 is 2. The highest BCUT2D eigenvalue weighted by atomic mass is 32.2. The third-order valence-corrected chi connectivity index (χ3v) is 15.1. The van der Waals surface area contributed by atoms with Crippen molar-refractivity contribution in [2.75, 3.05) is 60.0 Å². The SMILES string of the molecule is CC[C@H](C)[C@@H]([C@@H](CC(=O)N1CCC[C@H]1[C@H](OC)[C@@H](C)C(=O)N[C@H](C)[C@@H](O)c1ccccc1)OC)N(C)C(=O)[C@@H](CC(=O)[C@H](C(C)C)N(C)C(=O)OC1/C=C/CCCCC1OCCNC(=O)CSC)C(C)C. The van der Waals surface area contributed by atoms with Crippen molar-refractivity contribution in [2.45, 2.75) is 168 Å². The Morgan fingerprint density at radius 1 is 0.887 bits per heavy atom. The molecule has 1 fully saturated rings. The molecule has 3 rings (SSSR count). The van der Waals surface area contributed by atoms with Gasteiger partial charge < -0.3 is 49.4 Å². The number of aliphatic hydroxyl groups is 1. The standard InChI is InChI=1S/C54H89N5O11S/c1-14-36(6)49(45(67-11)32-47(62)59-29-22-25-41(59)51(68-12)37(7)52(64)56-38(8)50(63)39-23-18-17-19-24-39)57(9)53(65)40(34(2)3)31-42(60)48(35(4)5)58(10)54(66)70-44-27-21-16-15-20-26-43(44)69-30-28-55-46(61)33-71-13/h17-19,21,23-24,27,34-38,40-41,43-45,48-51,63H,14-16,20,22,25-26,28-33H2,1-13H3,(H,55,61)(H,56,64)/b27-21+/t36-,37+,38+,40-,41-,43?,44?,45+,48-,49-,50+,51+/m0/s1. The maximum Gasteiger partial charge on any atom is 0.410 e. The Hall–Kier alpha value is -4.03. The molecule has 2 aliphatic rings. The Morgan fingerprint density at radius 3 is 2.18 bits per heavy atom. The van der Waals surface area contributed by atoms with Crippen LogP contribution < -0.4 is 10.6 Å². The van der Waals surface area contributed by atoms with Crippen molar-refractivity contribution in [3.05, 3.63) is 48.0 Å². The molecule has 5 amide bonds. The van der Waals surface area contributed by atoms with Gasteiger partial charge in [0, 0.05) is 53.7 Å². The van der Waals surface area contributed by atoms with E-state index in [4.69, 9.17) is 18.9 Å². The number of nitrogens with zero attached hydrogens (tertiary/aromatic N) is 3. The predicted molar refractivity (Wildman–Crippen MR) is 278 cm³/mol. The summed E-state index contributed by atoms with van der Waals surface area (Å²) in [6.45, 7) is 16.2. The number of thioether (sulfide) groups is 1. The molecule has 1 heterocycles. The van der Waals surface area contributed by atoms with Gasteiger partial charge in [-0.2, -0.15) is 11.8 Å². The number of likely N-dealkylation sites (N-methyl/N-ethyl adjacent to an activating group) is 2. The van der Waals surface area contributed by atoms with E-state index < -0.39 is 66.6 Å². The molecule has 16 nitrogen and oxygen atoms in total. The Kier molecular flexibility index (Phi) is 26.6. The summed E-state index contributed by atoms with van der Waals surface area (Å²) < 4.78 is 24.3. The summed E-state index contributed by atoms with van der Waals surface area (Å²) in [5.74, 6) is -2.74. The molecule has 1 aliphatic carbocycles. The molecule has 0 radical (unpaired) electrons. The topological polar surface area (TPSA) is 193 Å². The minimum Gasteiger partial charge on any atom is -0.439 e. The van der Waals surface area contributed by atoms with Gasteiger partial charge >= 0.3 is 6.09 Å². The van der Waals surface area contributed by atoms with E-state index in [0.717, 1.165) is 25.7 Å². The Labute approximate surface area is 429 Å². The summed E-state index contributed by atoms with van der Waals surface area (Å²) in [5.41, 5.74) is 0.692. The van der Waals surface area contributed by atoms with Gasteiger partial charge in [-0.1, -0.05) is 97.7 Å².